The van der Waals surface area contributed by atoms with Crippen LogP contribution in [0.3, 0.4) is 0 Å². The van der Waals surface area contributed by atoms with Crippen LogP contribution in [0.15, 0.2) is 24.3 Å². The molecule has 1 aromatic carbocycles. The Kier molecular flexibility index (Phi) is 4.80. The van der Waals surface area contributed by atoms with Crippen molar-refractivity contribution < 1.29 is 14.3 Å². The molecule has 1 aliphatic rings. The number of ether oxygens (including phenoxy) is 1. The number of carbonyl (C=O) groups excluding carboxylic acids is 2. The molecule has 0 N–H and O–H groups in total. The van der Waals surface area contributed by atoms with Gasteiger partial charge in [0, 0.05) is 22.4 Å². The van der Waals surface area contributed by atoms with Crippen LogP contribution in [0, 0.1) is 0 Å². The summed E-state index contributed by atoms with van der Waals surface area (Å²) in [7, 11) is 0. The van der Waals surface area contributed by atoms with Crippen molar-refractivity contribution in [2.24, 2.45) is 0 Å². The van der Waals surface area contributed by atoms with E-state index in [-0.39, 0.29) is 11.6 Å². The van der Waals surface area contributed by atoms with E-state index in [9.17, 15) is 9.59 Å². The van der Waals surface area contributed by atoms with Gasteiger partial charge in [0.2, 0.25) is 0 Å². The van der Waals surface area contributed by atoms with Crippen LogP contribution in [-0.2, 0) is 6.42 Å². The summed E-state index contributed by atoms with van der Waals surface area (Å²) < 4.78 is 5.80. The summed E-state index contributed by atoms with van der Waals surface area (Å²) in [5, 5.41) is 0.619. The molecule has 1 aliphatic heterocycles. The molecule has 3 nitrogen and oxygen atoms in total. The third-order valence-electron chi connectivity index (χ3n) is 3.50. The van der Waals surface area contributed by atoms with Crippen molar-refractivity contribution in [2.45, 2.75) is 6.42 Å². The van der Waals surface area contributed by atoms with Gasteiger partial charge >= 0.3 is 0 Å². The Hall–Kier alpha value is -0.980. The van der Waals surface area contributed by atoms with Crippen molar-refractivity contribution in [3.05, 3.63) is 40.3 Å². The predicted molar refractivity (Wildman–Crippen MR) is 95.2 cm³/mol. The molecule has 0 unspecified atom stereocenters. The average molecular weight is 444 g/mol. The zero-order valence-electron chi connectivity index (χ0n) is 11.5. The fourth-order valence-electron chi connectivity index (χ4n) is 2.40. The number of alkyl halides is 2. The molecule has 6 heteroatoms. The largest absolute Gasteiger partial charge is 0.493 e. The van der Waals surface area contributed by atoms with Crippen LogP contribution in [0.2, 0.25) is 0 Å². The van der Waals surface area contributed by atoms with Crippen LogP contribution >= 0.6 is 43.2 Å². The summed E-state index contributed by atoms with van der Waals surface area (Å²) in [5.74, 6) is 0.828. The number of halogens is 2. The molecule has 0 saturated carbocycles. The van der Waals surface area contributed by atoms with E-state index in [0.29, 0.717) is 28.6 Å². The SMILES string of the molecule is O=C(CBr)c1ccc2c(c1)OCCc1cc(C(=O)CBr)sc1-2. The van der Waals surface area contributed by atoms with Gasteiger partial charge in [-0.15, -0.1) is 11.3 Å². The first-order valence-electron chi connectivity index (χ1n) is 6.72. The van der Waals surface area contributed by atoms with Crippen LogP contribution < -0.4 is 4.74 Å². The van der Waals surface area contributed by atoms with E-state index in [2.05, 4.69) is 31.9 Å². The Morgan fingerprint density at radius 3 is 2.64 bits per heavy atom. The summed E-state index contributed by atoms with van der Waals surface area (Å²) in [5.41, 5.74) is 2.72. The lowest BCUT2D eigenvalue weighted by molar-refractivity contribution is 0.101. The van der Waals surface area contributed by atoms with Crippen molar-refractivity contribution in [2.75, 3.05) is 17.3 Å². The molecule has 2 aromatic rings. The van der Waals surface area contributed by atoms with E-state index in [0.717, 1.165) is 27.3 Å². The summed E-state index contributed by atoms with van der Waals surface area (Å²) >= 11 is 7.89. The first-order chi connectivity index (χ1) is 10.6. The van der Waals surface area contributed by atoms with Gasteiger partial charge in [0.1, 0.15) is 5.75 Å². The standard InChI is InChI=1S/C16H12Br2O3S/c17-7-12(19)9-1-2-11-14(5-9)21-4-3-10-6-15(13(20)8-18)22-16(10)11/h1-2,5-6H,3-4,7-8H2. The molecular formula is C16H12Br2O3S. The van der Waals surface area contributed by atoms with Crippen LogP contribution in [0.5, 0.6) is 5.75 Å². The minimum absolute atomic E-state index is 0.0252. The maximum atomic E-state index is 11.9. The van der Waals surface area contributed by atoms with Crippen molar-refractivity contribution >= 4 is 54.8 Å². The Balaban J connectivity index is 2.08. The van der Waals surface area contributed by atoms with Crippen molar-refractivity contribution in [1.82, 2.24) is 0 Å². The maximum absolute atomic E-state index is 11.9. The van der Waals surface area contributed by atoms with E-state index >= 15 is 0 Å². The van der Waals surface area contributed by atoms with Crippen LogP contribution in [0.1, 0.15) is 25.6 Å². The van der Waals surface area contributed by atoms with E-state index in [1.165, 1.54) is 11.3 Å². The van der Waals surface area contributed by atoms with Gasteiger partial charge in [0.25, 0.3) is 0 Å². The molecular weight excluding hydrogens is 432 g/mol. The highest BCUT2D eigenvalue weighted by Crippen LogP contribution is 2.41. The molecule has 114 valence electrons. The van der Waals surface area contributed by atoms with Crippen LogP contribution in [0.25, 0.3) is 10.4 Å². The maximum Gasteiger partial charge on any atom is 0.183 e. The molecule has 2 heterocycles. The second-order valence-electron chi connectivity index (χ2n) is 4.89. The van der Waals surface area contributed by atoms with Gasteiger partial charge in [-0.3, -0.25) is 9.59 Å². The Bertz CT molecular complexity index is 752. The molecule has 0 bridgehead atoms. The molecule has 0 spiro atoms. The van der Waals surface area contributed by atoms with E-state index in [1.54, 1.807) is 6.07 Å². The second kappa shape index (κ2) is 6.64. The zero-order chi connectivity index (χ0) is 15.7. The Morgan fingerprint density at radius 2 is 1.91 bits per heavy atom. The number of Topliss-reactive ketones (excluding diaryl/α,β-unsaturated/α-hetero) is 2. The van der Waals surface area contributed by atoms with Crippen LogP contribution in [-0.4, -0.2) is 28.8 Å². The van der Waals surface area contributed by atoms with Gasteiger partial charge in [-0.05, 0) is 23.8 Å². The number of carbonyl (C=O) groups is 2. The topological polar surface area (TPSA) is 43.4 Å². The van der Waals surface area contributed by atoms with Gasteiger partial charge in [-0.2, -0.15) is 0 Å². The second-order valence-corrected chi connectivity index (χ2v) is 7.06. The normalized spacial score (nSPS) is 12.8. The molecule has 22 heavy (non-hydrogen) atoms. The molecule has 1 aromatic heterocycles. The molecule has 3 rings (SSSR count). The summed E-state index contributed by atoms with van der Waals surface area (Å²) in [4.78, 5) is 25.5. The molecule has 0 fully saturated rings. The third-order valence-corrected chi connectivity index (χ3v) is 5.77. The zero-order valence-corrected chi connectivity index (χ0v) is 15.5. The highest BCUT2D eigenvalue weighted by Gasteiger charge is 2.21. The number of hydrogen-bond acceptors (Lipinski definition) is 4. The van der Waals surface area contributed by atoms with Crippen molar-refractivity contribution in [3.8, 4) is 16.2 Å². The Labute approximate surface area is 148 Å². The number of thiophene rings is 1. The van der Waals surface area contributed by atoms with E-state index in [1.807, 2.05) is 18.2 Å². The minimum Gasteiger partial charge on any atom is -0.493 e. The lowest BCUT2D eigenvalue weighted by Crippen LogP contribution is -2.02. The average Bonchev–Trinajstić information content (AvgIpc) is 2.89. The fourth-order valence-corrected chi connectivity index (χ4v) is 4.39. The molecule has 0 radical (unpaired) electrons. The summed E-state index contributed by atoms with van der Waals surface area (Å²) in [6.45, 7) is 0.546. The molecule has 0 atom stereocenters. The van der Waals surface area contributed by atoms with Gasteiger partial charge in [0.05, 0.1) is 22.1 Å². The molecule has 0 amide bonds. The number of fused-ring (bicyclic) bond motifs is 3. The smallest absolute Gasteiger partial charge is 0.183 e. The lowest BCUT2D eigenvalue weighted by Gasteiger charge is -2.08. The highest BCUT2D eigenvalue weighted by atomic mass is 79.9. The monoisotopic (exact) mass is 442 g/mol. The number of rotatable bonds is 4. The van der Waals surface area contributed by atoms with Gasteiger partial charge in [-0.25, -0.2) is 0 Å². The third kappa shape index (κ3) is 2.92. The summed E-state index contributed by atoms with van der Waals surface area (Å²) in [6, 6.07) is 7.47. The highest BCUT2D eigenvalue weighted by molar-refractivity contribution is 9.09. The lowest BCUT2D eigenvalue weighted by atomic mass is 10.0. The fraction of sp³-hybridized carbons (Fsp3) is 0.250. The van der Waals surface area contributed by atoms with Crippen LogP contribution in [0.4, 0.5) is 0 Å². The van der Waals surface area contributed by atoms with Gasteiger partial charge in [-0.1, -0.05) is 37.9 Å². The van der Waals surface area contributed by atoms with Gasteiger partial charge < -0.3 is 4.74 Å². The molecule has 0 saturated heterocycles. The van der Waals surface area contributed by atoms with E-state index in [4.69, 9.17) is 4.74 Å². The predicted octanol–water partition coefficient (Wildman–Crippen LogP) is 4.51. The Morgan fingerprint density at radius 1 is 1.14 bits per heavy atom. The van der Waals surface area contributed by atoms with Crippen molar-refractivity contribution in [1.29, 1.82) is 0 Å². The summed E-state index contributed by atoms with van der Waals surface area (Å²) in [6.07, 6.45) is 0.762. The quantitative estimate of drug-likeness (QED) is 0.515. The van der Waals surface area contributed by atoms with Crippen molar-refractivity contribution in [3.63, 3.8) is 0 Å². The van der Waals surface area contributed by atoms with Gasteiger partial charge in [0.15, 0.2) is 11.6 Å². The van der Waals surface area contributed by atoms with E-state index < -0.39 is 0 Å². The number of ketones is 2. The minimum atomic E-state index is 0.0252. The number of hydrogen-bond donors (Lipinski definition) is 0. The first-order valence-corrected chi connectivity index (χ1v) is 9.78. The first kappa shape index (κ1) is 15.9. The number of benzene rings is 1. The molecule has 0 aliphatic carbocycles.